The Morgan fingerprint density at radius 1 is 1.30 bits per heavy atom. The lowest BCUT2D eigenvalue weighted by Crippen LogP contribution is -2.59. The molecule has 1 heterocycles. The number of hydrogen-bond donors (Lipinski definition) is 1. The van der Waals surface area contributed by atoms with Gasteiger partial charge in [-0.1, -0.05) is 19.3 Å². The SMILES string of the molecule is CC(CS(C)=O)N1CCC(=O)NC2(CCCCC2)C1=O. The van der Waals surface area contributed by atoms with E-state index >= 15 is 0 Å². The summed E-state index contributed by atoms with van der Waals surface area (Å²) in [7, 11) is -0.942. The van der Waals surface area contributed by atoms with Crippen LogP contribution in [-0.2, 0) is 20.4 Å². The molecule has 2 atom stereocenters. The van der Waals surface area contributed by atoms with Crippen LogP contribution in [0.25, 0.3) is 0 Å². The van der Waals surface area contributed by atoms with Crippen LogP contribution in [0.5, 0.6) is 0 Å². The van der Waals surface area contributed by atoms with Gasteiger partial charge in [-0.3, -0.25) is 13.8 Å². The highest BCUT2D eigenvalue weighted by Crippen LogP contribution is 2.32. The molecule has 2 fully saturated rings. The lowest BCUT2D eigenvalue weighted by atomic mass is 9.80. The summed E-state index contributed by atoms with van der Waals surface area (Å²) < 4.78 is 11.4. The Balaban J connectivity index is 2.22. The number of nitrogens with zero attached hydrogens (tertiary/aromatic N) is 1. The Bertz CT molecular complexity index is 419. The molecule has 1 spiro atoms. The van der Waals surface area contributed by atoms with E-state index in [1.807, 2.05) is 6.92 Å². The molecule has 0 radical (unpaired) electrons. The third-order valence-electron chi connectivity index (χ3n) is 4.34. The summed E-state index contributed by atoms with van der Waals surface area (Å²) in [6.45, 7) is 2.36. The predicted octanol–water partition coefficient (Wildman–Crippen LogP) is 0.805. The fraction of sp³-hybridized carbons (Fsp3) is 0.857. The van der Waals surface area contributed by atoms with Gasteiger partial charge < -0.3 is 10.2 Å². The minimum absolute atomic E-state index is 0.0287. The van der Waals surface area contributed by atoms with Crippen molar-refractivity contribution in [2.75, 3.05) is 18.6 Å². The van der Waals surface area contributed by atoms with Crippen molar-refractivity contribution in [2.45, 2.75) is 57.0 Å². The van der Waals surface area contributed by atoms with E-state index in [0.717, 1.165) is 32.1 Å². The van der Waals surface area contributed by atoms with Gasteiger partial charge in [0.1, 0.15) is 5.54 Å². The van der Waals surface area contributed by atoms with Gasteiger partial charge in [-0.2, -0.15) is 0 Å². The maximum Gasteiger partial charge on any atom is 0.248 e. The van der Waals surface area contributed by atoms with Crippen molar-refractivity contribution in [3.63, 3.8) is 0 Å². The first-order valence-electron chi connectivity index (χ1n) is 7.37. The number of carbonyl (C=O) groups is 2. The highest BCUT2D eigenvalue weighted by Gasteiger charge is 2.46. The van der Waals surface area contributed by atoms with Crippen LogP contribution in [-0.4, -0.2) is 51.1 Å². The maximum absolute atomic E-state index is 12.9. The average Bonchev–Trinajstić information content (AvgIpc) is 2.49. The molecule has 20 heavy (non-hydrogen) atoms. The first kappa shape index (κ1) is 15.5. The number of hydrogen-bond acceptors (Lipinski definition) is 3. The standard InChI is InChI=1S/C14H24N2O3S/c1-11(10-20(2)19)16-9-6-12(17)15-14(13(16)18)7-4-3-5-8-14/h11H,3-10H2,1-2H3,(H,15,17). The largest absolute Gasteiger partial charge is 0.342 e. The first-order chi connectivity index (χ1) is 9.44. The second-order valence-corrected chi connectivity index (χ2v) is 7.51. The van der Waals surface area contributed by atoms with Crippen LogP contribution in [0.4, 0.5) is 0 Å². The van der Waals surface area contributed by atoms with Crippen molar-refractivity contribution in [3.05, 3.63) is 0 Å². The Morgan fingerprint density at radius 3 is 2.55 bits per heavy atom. The molecule has 1 saturated carbocycles. The third kappa shape index (κ3) is 3.22. The Morgan fingerprint density at radius 2 is 1.95 bits per heavy atom. The van der Waals surface area contributed by atoms with Crippen molar-refractivity contribution in [3.8, 4) is 0 Å². The molecular formula is C14H24N2O3S. The third-order valence-corrected chi connectivity index (χ3v) is 5.30. The summed E-state index contributed by atoms with van der Waals surface area (Å²) in [5.74, 6) is 0.462. The molecule has 2 rings (SSSR count). The molecular weight excluding hydrogens is 276 g/mol. The predicted molar refractivity (Wildman–Crippen MR) is 78.7 cm³/mol. The Labute approximate surface area is 122 Å². The fourth-order valence-electron chi connectivity index (χ4n) is 3.33. The van der Waals surface area contributed by atoms with Crippen molar-refractivity contribution in [2.24, 2.45) is 0 Å². The van der Waals surface area contributed by atoms with Crippen molar-refractivity contribution >= 4 is 22.6 Å². The molecule has 1 saturated heterocycles. The molecule has 6 heteroatoms. The lowest BCUT2D eigenvalue weighted by molar-refractivity contribution is -0.141. The number of amides is 2. The molecule has 0 bridgehead atoms. The molecule has 1 N–H and O–H groups in total. The Hall–Kier alpha value is -0.910. The summed E-state index contributed by atoms with van der Waals surface area (Å²) in [5.41, 5.74) is -0.699. The summed E-state index contributed by atoms with van der Waals surface area (Å²) in [5, 5.41) is 2.98. The van der Waals surface area contributed by atoms with Crippen molar-refractivity contribution < 1.29 is 13.8 Å². The molecule has 1 aliphatic carbocycles. The van der Waals surface area contributed by atoms with E-state index in [4.69, 9.17) is 0 Å². The van der Waals surface area contributed by atoms with E-state index in [9.17, 15) is 13.8 Å². The molecule has 2 unspecified atom stereocenters. The number of carbonyl (C=O) groups excluding carboxylic acids is 2. The van der Waals surface area contributed by atoms with Gasteiger partial charge in [-0.05, 0) is 19.8 Å². The summed E-state index contributed by atoms with van der Waals surface area (Å²) in [6, 6.07) is -0.0835. The van der Waals surface area contributed by atoms with E-state index in [0.29, 0.717) is 18.7 Å². The molecule has 0 aromatic carbocycles. The smallest absolute Gasteiger partial charge is 0.248 e. The summed E-state index contributed by atoms with van der Waals surface area (Å²) in [6.07, 6.45) is 6.54. The first-order valence-corrected chi connectivity index (χ1v) is 9.09. The van der Waals surface area contributed by atoms with Crippen molar-refractivity contribution in [1.82, 2.24) is 10.2 Å². The van der Waals surface area contributed by atoms with Gasteiger partial charge in [0.15, 0.2) is 0 Å². The van der Waals surface area contributed by atoms with Crippen LogP contribution >= 0.6 is 0 Å². The van der Waals surface area contributed by atoms with E-state index in [2.05, 4.69) is 5.32 Å². The van der Waals surface area contributed by atoms with Gasteiger partial charge in [-0.15, -0.1) is 0 Å². The molecule has 2 aliphatic rings. The lowest BCUT2D eigenvalue weighted by Gasteiger charge is -2.39. The second kappa shape index (κ2) is 6.24. The normalized spacial score (nSPS) is 26.0. The van der Waals surface area contributed by atoms with Crippen LogP contribution in [0.15, 0.2) is 0 Å². The second-order valence-electron chi connectivity index (χ2n) is 6.03. The molecule has 0 aromatic rings. The molecule has 114 valence electrons. The Kier molecular flexibility index (Phi) is 4.83. The van der Waals surface area contributed by atoms with Crippen LogP contribution in [0.1, 0.15) is 45.4 Å². The van der Waals surface area contributed by atoms with Crippen LogP contribution in [0, 0.1) is 0 Å². The molecule has 2 amide bonds. The summed E-state index contributed by atoms with van der Waals surface area (Å²) >= 11 is 0. The minimum Gasteiger partial charge on any atom is -0.342 e. The van der Waals surface area contributed by atoms with Crippen LogP contribution in [0.2, 0.25) is 0 Å². The zero-order valence-electron chi connectivity index (χ0n) is 12.3. The minimum atomic E-state index is -0.942. The zero-order chi connectivity index (χ0) is 14.8. The number of rotatable bonds is 3. The average molecular weight is 300 g/mol. The molecule has 5 nitrogen and oxygen atoms in total. The van der Waals surface area contributed by atoms with Gasteiger partial charge in [0.2, 0.25) is 11.8 Å². The number of nitrogens with one attached hydrogen (secondary N) is 1. The summed E-state index contributed by atoms with van der Waals surface area (Å²) in [4.78, 5) is 26.6. The van der Waals surface area contributed by atoms with Crippen LogP contribution < -0.4 is 5.32 Å². The highest BCUT2D eigenvalue weighted by molar-refractivity contribution is 7.84. The van der Waals surface area contributed by atoms with Gasteiger partial charge in [-0.25, -0.2) is 0 Å². The molecule has 1 aliphatic heterocycles. The van der Waals surface area contributed by atoms with E-state index in [1.54, 1.807) is 11.2 Å². The van der Waals surface area contributed by atoms with Crippen LogP contribution in [0.3, 0.4) is 0 Å². The zero-order valence-corrected chi connectivity index (χ0v) is 13.1. The van der Waals surface area contributed by atoms with E-state index in [-0.39, 0.29) is 17.9 Å². The monoisotopic (exact) mass is 300 g/mol. The highest BCUT2D eigenvalue weighted by atomic mass is 32.2. The van der Waals surface area contributed by atoms with E-state index in [1.165, 1.54) is 0 Å². The fourth-order valence-corrected chi connectivity index (χ4v) is 4.18. The van der Waals surface area contributed by atoms with Gasteiger partial charge in [0.25, 0.3) is 0 Å². The van der Waals surface area contributed by atoms with Gasteiger partial charge >= 0.3 is 0 Å². The molecule has 0 aromatic heterocycles. The van der Waals surface area contributed by atoms with E-state index < -0.39 is 16.3 Å². The quantitative estimate of drug-likeness (QED) is 0.838. The van der Waals surface area contributed by atoms with Crippen molar-refractivity contribution in [1.29, 1.82) is 0 Å². The van der Waals surface area contributed by atoms with Gasteiger partial charge in [0.05, 0.1) is 0 Å². The topological polar surface area (TPSA) is 66.5 Å². The maximum atomic E-state index is 12.9. The van der Waals surface area contributed by atoms with Gasteiger partial charge in [0, 0.05) is 41.8 Å².